The van der Waals surface area contributed by atoms with E-state index in [9.17, 15) is 0 Å². The molecule has 27 heavy (non-hydrogen) atoms. The van der Waals surface area contributed by atoms with Crippen molar-refractivity contribution in [2.24, 2.45) is 0 Å². The van der Waals surface area contributed by atoms with Crippen LogP contribution in [0.2, 0.25) is 0 Å². The second-order valence-corrected chi connectivity index (χ2v) is 8.94. The maximum Gasteiger partial charge on any atom is 0.212 e. The van der Waals surface area contributed by atoms with Gasteiger partial charge in [-0.25, -0.2) is 9.97 Å². The van der Waals surface area contributed by atoms with Crippen LogP contribution in [0.5, 0.6) is 5.88 Å². The zero-order valence-electron chi connectivity index (χ0n) is 15.9. The Morgan fingerprint density at radius 1 is 1.15 bits per heavy atom. The molecule has 140 valence electrons. The summed E-state index contributed by atoms with van der Waals surface area (Å²) in [5.41, 5.74) is 3.42. The lowest BCUT2D eigenvalue weighted by molar-refractivity contribution is 0.103. The van der Waals surface area contributed by atoms with E-state index in [0.717, 1.165) is 23.2 Å². The van der Waals surface area contributed by atoms with Gasteiger partial charge in [-0.2, -0.15) is 0 Å². The van der Waals surface area contributed by atoms with Gasteiger partial charge in [-0.3, -0.25) is 4.90 Å². The first-order valence-corrected chi connectivity index (χ1v) is 10.7. The van der Waals surface area contributed by atoms with Crippen LogP contribution in [0.15, 0.2) is 36.5 Å². The zero-order valence-corrected chi connectivity index (χ0v) is 16.7. The first kappa shape index (κ1) is 17.1. The molecule has 0 spiro atoms. The number of hydrogen-bond donors (Lipinski definition) is 0. The normalized spacial score (nSPS) is 25.6. The zero-order chi connectivity index (χ0) is 18.4. The molecule has 2 fully saturated rings. The van der Waals surface area contributed by atoms with Gasteiger partial charge in [0.2, 0.25) is 5.88 Å². The number of methoxy groups -OCH3 is 1. The summed E-state index contributed by atoms with van der Waals surface area (Å²) < 4.78 is 6.43. The summed E-state index contributed by atoms with van der Waals surface area (Å²) in [5.74, 6) is 1.29. The van der Waals surface area contributed by atoms with Gasteiger partial charge in [0, 0.05) is 35.8 Å². The van der Waals surface area contributed by atoms with Gasteiger partial charge >= 0.3 is 0 Å². The summed E-state index contributed by atoms with van der Waals surface area (Å²) in [5, 5.41) is 1.32. The molecule has 0 bridgehead atoms. The van der Waals surface area contributed by atoms with Crippen molar-refractivity contribution in [2.75, 3.05) is 13.7 Å². The number of aromatic nitrogens is 2. The van der Waals surface area contributed by atoms with Crippen molar-refractivity contribution in [3.63, 3.8) is 0 Å². The van der Waals surface area contributed by atoms with Crippen molar-refractivity contribution in [1.29, 1.82) is 0 Å². The van der Waals surface area contributed by atoms with E-state index in [2.05, 4.69) is 41.1 Å². The summed E-state index contributed by atoms with van der Waals surface area (Å²) in [4.78, 5) is 12.0. The molecule has 0 N–H and O–H groups in total. The van der Waals surface area contributed by atoms with E-state index in [1.54, 1.807) is 7.11 Å². The van der Waals surface area contributed by atoms with Gasteiger partial charge in [0.1, 0.15) is 0 Å². The standard InChI is InChI=1S/C22H25N3OS/c1-14-4-3-9-25(14)18-10-17(11-18)22-24-19-7-5-15(12-20(19)27-22)16-6-8-21(26-2)23-13-16/h5-8,12-14,17-18H,3-4,9-11H2,1-2H3/t14-,17?,18?/m1/s1. The van der Waals surface area contributed by atoms with Crippen LogP contribution in [0.25, 0.3) is 21.3 Å². The maximum absolute atomic E-state index is 5.15. The summed E-state index contributed by atoms with van der Waals surface area (Å²) in [7, 11) is 1.64. The molecule has 3 aromatic rings. The molecule has 1 aliphatic heterocycles. The number of benzene rings is 1. The van der Waals surface area contributed by atoms with Crippen LogP contribution in [0.4, 0.5) is 0 Å². The molecule has 1 aliphatic carbocycles. The van der Waals surface area contributed by atoms with Crippen LogP contribution < -0.4 is 4.74 Å². The fourth-order valence-electron chi connectivity index (χ4n) is 4.53. The number of nitrogens with zero attached hydrogens (tertiary/aromatic N) is 3. The van der Waals surface area contributed by atoms with E-state index in [0.29, 0.717) is 11.8 Å². The van der Waals surface area contributed by atoms with Crippen molar-refractivity contribution < 1.29 is 4.74 Å². The molecule has 2 aliphatic rings. The lowest BCUT2D eigenvalue weighted by Crippen LogP contribution is -2.45. The number of hydrogen-bond acceptors (Lipinski definition) is 5. The molecule has 0 amide bonds. The van der Waals surface area contributed by atoms with Crippen LogP contribution in [0.3, 0.4) is 0 Å². The largest absolute Gasteiger partial charge is 0.481 e. The fourth-order valence-corrected chi connectivity index (χ4v) is 5.66. The van der Waals surface area contributed by atoms with Crippen molar-refractivity contribution >= 4 is 21.6 Å². The molecule has 2 aromatic heterocycles. The van der Waals surface area contributed by atoms with E-state index in [1.165, 1.54) is 47.5 Å². The first-order valence-electron chi connectivity index (χ1n) is 9.88. The predicted molar refractivity (Wildman–Crippen MR) is 111 cm³/mol. The van der Waals surface area contributed by atoms with Gasteiger partial charge < -0.3 is 4.74 Å². The number of pyridine rings is 1. The minimum Gasteiger partial charge on any atom is -0.481 e. The van der Waals surface area contributed by atoms with Gasteiger partial charge in [-0.15, -0.1) is 11.3 Å². The minimum atomic E-state index is 0.645. The highest BCUT2D eigenvalue weighted by Gasteiger charge is 2.39. The Kier molecular flexibility index (Phi) is 4.37. The Labute approximate surface area is 164 Å². The van der Waals surface area contributed by atoms with Crippen LogP contribution in [0.1, 0.15) is 43.5 Å². The Balaban J connectivity index is 1.34. The van der Waals surface area contributed by atoms with E-state index < -0.39 is 0 Å². The summed E-state index contributed by atoms with van der Waals surface area (Å²) in [6.07, 6.45) is 7.16. The second kappa shape index (κ2) is 6.88. The molecule has 0 unspecified atom stereocenters. The molecule has 5 rings (SSSR count). The number of thiazole rings is 1. The average molecular weight is 380 g/mol. The van der Waals surface area contributed by atoms with E-state index in [1.807, 2.05) is 23.6 Å². The van der Waals surface area contributed by atoms with Crippen molar-refractivity contribution in [1.82, 2.24) is 14.9 Å². The molecule has 1 saturated heterocycles. The second-order valence-electron chi connectivity index (χ2n) is 7.88. The lowest BCUT2D eigenvalue weighted by atomic mass is 9.79. The van der Waals surface area contributed by atoms with Crippen LogP contribution >= 0.6 is 11.3 Å². The van der Waals surface area contributed by atoms with Crippen LogP contribution in [0, 0.1) is 0 Å². The molecular formula is C22H25N3OS. The topological polar surface area (TPSA) is 38.2 Å². The van der Waals surface area contributed by atoms with E-state index in [4.69, 9.17) is 9.72 Å². The number of rotatable bonds is 4. The number of likely N-dealkylation sites (tertiary alicyclic amines) is 1. The molecular weight excluding hydrogens is 354 g/mol. The first-order chi connectivity index (χ1) is 13.2. The highest BCUT2D eigenvalue weighted by Crippen LogP contribution is 2.44. The third-order valence-electron chi connectivity index (χ3n) is 6.22. The van der Waals surface area contributed by atoms with E-state index >= 15 is 0 Å². The summed E-state index contributed by atoms with van der Waals surface area (Å²) >= 11 is 1.87. The van der Waals surface area contributed by atoms with Gasteiger partial charge in [-0.05, 0) is 62.9 Å². The average Bonchev–Trinajstić information content (AvgIpc) is 3.26. The Morgan fingerprint density at radius 2 is 2.00 bits per heavy atom. The maximum atomic E-state index is 5.15. The Hall–Kier alpha value is -1.98. The lowest BCUT2D eigenvalue weighted by Gasteiger charge is -2.42. The van der Waals surface area contributed by atoms with Gasteiger partial charge in [0.05, 0.1) is 22.3 Å². The number of ether oxygens (including phenoxy) is 1. The third-order valence-corrected chi connectivity index (χ3v) is 7.40. The number of fused-ring (bicyclic) bond motifs is 1. The fraction of sp³-hybridized carbons (Fsp3) is 0.455. The van der Waals surface area contributed by atoms with Crippen molar-refractivity contribution in [2.45, 2.75) is 50.6 Å². The monoisotopic (exact) mass is 379 g/mol. The smallest absolute Gasteiger partial charge is 0.212 e. The third kappa shape index (κ3) is 3.13. The van der Waals surface area contributed by atoms with Gasteiger partial charge in [0.25, 0.3) is 0 Å². The van der Waals surface area contributed by atoms with Crippen molar-refractivity contribution in [3.8, 4) is 17.0 Å². The molecule has 4 nitrogen and oxygen atoms in total. The quantitative estimate of drug-likeness (QED) is 0.632. The molecule has 3 heterocycles. The Morgan fingerprint density at radius 3 is 2.70 bits per heavy atom. The molecule has 1 atom stereocenters. The molecule has 5 heteroatoms. The SMILES string of the molecule is COc1ccc(-c2ccc3nc(C4CC(N5CCC[C@H]5C)C4)sc3c2)cn1. The van der Waals surface area contributed by atoms with Gasteiger partial charge in [-0.1, -0.05) is 6.07 Å². The predicted octanol–water partition coefficient (Wildman–Crippen LogP) is 5.10. The summed E-state index contributed by atoms with van der Waals surface area (Å²) in [6.45, 7) is 3.67. The van der Waals surface area contributed by atoms with Crippen LogP contribution in [-0.4, -0.2) is 40.6 Å². The molecule has 1 aromatic carbocycles. The van der Waals surface area contributed by atoms with E-state index in [-0.39, 0.29) is 0 Å². The highest BCUT2D eigenvalue weighted by atomic mass is 32.1. The summed E-state index contributed by atoms with van der Waals surface area (Å²) in [6, 6.07) is 12.1. The van der Waals surface area contributed by atoms with Gasteiger partial charge in [0.15, 0.2) is 0 Å². The highest BCUT2D eigenvalue weighted by molar-refractivity contribution is 7.18. The minimum absolute atomic E-state index is 0.645. The molecule has 0 radical (unpaired) electrons. The van der Waals surface area contributed by atoms with Crippen molar-refractivity contribution in [3.05, 3.63) is 41.5 Å². The van der Waals surface area contributed by atoms with Crippen LogP contribution in [-0.2, 0) is 0 Å². The molecule has 1 saturated carbocycles. The Bertz CT molecular complexity index is 946.